The topological polar surface area (TPSA) is 148 Å². The molecule has 3 atom stereocenters. The van der Waals surface area contributed by atoms with Gasteiger partial charge in [-0.3, -0.25) is 4.79 Å². The van der Waals surface area contributed by atoms with Gasteiger partial charge >= 0.3 is 0 Å². The molecular formula is C31H42N8O3. The molecule has 42 heavy (non-hydrogen) atoms. The molecule has 0 saturated heterocycles. The van der Waals surface area contributed by atoms with Crippen LogP contribution in [0.5, 0.6) is 0 Å². The van der Waals surface area contributed by atoms with Crippen molar-refractivity contribution >= 4 is 29.4 Å². The zero-order valence-corrected chi connectivity index (χ0v) is 24.1. The van der Waals surface area contributed by atoms with Crippen molar-refractivity contribution in [2.75, 3.05) is 62.0 Å². The quantitative estimate of drug-likeness (QED) is 0.151. The van der Waals surface area contributed by atoms with Crippen LogP contribution in [0.2, 0.25) is 0 Å². The number of nitrogens with zero attached hydrogens (tertiary/aromatic N) is 3. The van der Waals surface area contributed by atoms with Gasteiger partial charge in [-0.2, -0.15) is 15.0 Å². The van der Waals surface area contributed by atoms with E-state index in [4.69, 9.17) is 20.2 Å². The Labute approximate surface area is 247 Å². The molecule has 3 aromatic rings. The molecule has 0 radical (unpaired) electrons. The Morgan fingerprint density at radius 1 is 0.833 bits per heavy atom. The highest BCUT2D eigenvalue weighted by atomic mass is 16.5. The number of carbonyl (C=O) groups excluding carboxylic acids is 1. The van der Waals surface area contributed by atoms with Gasteiger partial charge in [-0.05, 0) is 67.3 Å². The van der Waals surface area contributed by atoms with Gasteiger partial charge in [0.15, 0.2) is 0 Å². The number of nitrogens with two attached hydrogens (primary N) is 1. The van der Waals surface area contributed by atoms with Crippen molar-refractivity contribution in [3.05, 3.63) is 65.7 Å². The third kappa shape index (κ3) is 8.85. The molecule has 1 aromatic heterocycles. The summed E-state index contributed by atoms with van der Waals surface area (Å²) in [4.78, 5) is 26.5. The van der Waals surface area contributed by atoms with Gasteiger partial charge < -0.3 is 36.5 Å². The van der Waals surface area contributed by atoms with Crippen molar-refractivity contribution in [2.45, 2.75) is 38.1 Å². The van der Waals surface area contributed by atoms with Crippen molar-refractivity contribution in [3.8, 4) is 0 Å². The molecule has 2 saturated carbocycles. The molecule has 2 fully saturated rings. The number of hydrogen-bond acceptors (Lipinski definition) is 10. The highest BCUT2D eigenvalue weighted by Crippen LogP contribution is 2.45. The second-order valence-electron chi connectivity index (χ2n) is 10.9. The second kappa shape index (κ2) is 15.4. The van der Waals surface area contributed by atoms with Gasteiger partial charge in [0, 0.05) is 36.9 Å². The Hall–Kier alpha value is -3.80. The summed E-state index contributed by atoms with van der Waals surface area (Å²) in [5.41, 5.74) is 7.97. The lowest BCUT2D eigenvalue weighted by Crippen LogP contribution is -2.27. The van der Waals surface area contributed by atoms with Crippen molar-refractivity contribution in [1.82, 2.24) is 20.3 Å². The predicted molar refractivity (Wildman–Crippen MR) is 164 cm³/mol. The molecule has 224 valence electrons. The van der Waals surface area contributed by atoms with Gasteiger partial charge in [-0.15, -0.1) is 0 Å². The summed E-state index contributed by atoms with van der Waals surface area (Å²) in [7, 11) is 0. The molecule has 3 unspecified atom stereocenters. The van der Waals surface area contributed by atoms with Gasteiger partial charge in [0.1, 0.15) is 0 Å². The van der Waals surface area contributed by atoms with Crippen LogP contribution in [0.1, 0.15) is 41.6 Å². The number of anilines is 4. The summed E-state index contributed by atoms with van der Waals surface area (Å²) in [6, 6.07) is 18.0. The van der Waals surface area contributed by atoms with Gasteiger partial charge in [0.25, 0.3) is 5.91 Å². The summed E-state index contributed by atoms with van der Waals surface area (Å²) < 4.78 is 10.7. The number of aromatic nitrogens is 3. The third-order valence-corrected chi connectivity index (χ3v) is 7.80. The highest BCUT2D eigenvalue weighted by Gasteiger charge is 2.39. The van der Waals surface area contributed by atoms with E-state index in [1.165, 1.54) is 31.2 Å². The van der Waals surface area contributed by atoms with Crippen LogP contribution in [0.4, 0.5) is 23.5 Å². The lowest BCUT2D eigenvalue weighted by molar-refractivity contribution is 0.0511. The standard InChI is InChI=1S/C31H42N8O3/c32-13-16-41-18-19-42-17-15-33-28(40)24-8-10-26(11-9-24)35-30-37-29(34-14-12-22-4-2-1-3-5-22)38-31(39-30)36-27-21-23-6-7-25(27)20-23/h1-5,8-11,23,25,27H,6-7,12-21,32H2,(H,33,40)(H3,34,35,36,37,38,39). The van der Waals surface area contributed by atoms with Gasteiger partial charge in [-0.1, -0.05) is 36.8 Å². The van der Waals surface area contributed by atoms with Crippen molar-refractivity contribution in [1.29, 1.82) is 0 Å². The Morgan fingerprint density at radius 3 is 2.33 bits per heavy atom. The number of nitrogens with one attached hydrogen (secondary N) is 4. The summed E-state index contributed by atoms with van der Waals surface area (Å²) in [6.45, 7) is 3.51. The maximum absolute atomic E-state index is 12.5. The predicted octanol–water partition coefficient (Wildman–Crippen LogP) is 3.59. The fraction of sp³-hybridized carbons (Fsp3) is 0.484. The van der Waals surface area contributed by atoms with Gasteiger partial charge in [0.05, 0.1) is 26.4 Å². The first kappa shape index (κ1) is 29.7. The van der Waals surface area contributed by atoms with Crippen LogP contribution in [-0.2, 0) is 15.9 Å². The molecule has 6 N–H and O–H groups in total. The van der Waals surface area contributed by atoms with E-state index in [9.17, 15) is 4.79 Å². The summed E-state index contributed by atoms with van der Waals surface area (Å²) >= 11 is 0. The number of rotatable bonds is 17. The molecular weight excluding hydrogens is 532 g/mol. The van der Waals surface area contributed by atoms with Gasteiger partial charge in [-0.25, -0.2) is 0 Å². The minimum Gasteiger partial charge on any atom is -0.378 e. The van der Waals surface area contributed by atoms with E-state index in [0.717, 1.165) is 18.0 Å². The van der Waals surface area contributed by atoms with E-state index < -0.39 is 0 Å². The van der Waals surface area contributed by atoms with E-state index in [2.05, 4.69) is 43.4 Å². The molecule has 1 amide bonds. The molecule has 2 aliphatic rings. The zero-order chi connectivity index (χ0) is 29.0. The van der Waals surface area contributed by atoms with E-state index in [1.54, 1.807) is 12.1 Å². The smallest absolute Gasteiger partial charge is 0.251 e. The average Bonchev–Trinajstić information content (AvgIpc) is 3.63. The summed E-state index contributed by atoms with van der Waals surface area (Å²) in [6.07, 6.45) is 5.95. The minimum atomic E-state index is -0.160. The first-order valence-electron chi connectivity index (χ1n) is 15.0. The van der Waals surface area contributed by atoms with E-state index in [1.807, 2.05) is 30.3 Å². The van der Waals surface area contributed by atoms with Gasteiger partial charge in [0.2, 0.25) is 17.8 Å². The van der Waals surface area contributed by atoms with E-state index in [-0.39, 0.29) is 5.91 Å². The molecule has 1 heterocycles. The van der Waals surface area contributed by atoms with Crippen LogP contribution >= 0.6 is 0 Å². The van der Waals surface area contributed by atoms with Crippen LogP contribution in [0.25, 0.3) is 0 Å². The van der Waals surface area contributed by atoms with Crippen molar-refractivity contribution in [3.63, 3.8) is 0 Å². The van der Waals surface area contributed by atoms with Crippen LogP contribution in [0.3, 0.4) is 0 Å². The van der Waals surface area contributed by atoms with Crippen molar-refractivity contribution in [2.24, 2.45) is 17.6 Å². The minimum absolute atomic E-state index is 0.160. The molecule has 2 bridgehead atoms. The number of amides is 1. The van der Waals surface area contributed by atoms with Crippen LogP contribution in [0, 0.1) is 11.8 Å². The molecule has 11 heteroatoms. The van der Waals surface area contributed by atoms with E-state index in [0.29, 0.717) is 81.4 Å². The maximum Gasteiger partial charge on any atom is 0.251 e. The Balaban J connectivity index is 1.16. The Kier molecular flexibility index (Phi) is 10.9. The average molecular weight is 575 g/mol. The second-order valence-corrected chi connectivity index (χ2v) is 10.9. The lowest BCUT2D eigenvalue weighted by atomic mass is 9.95. The molecule has 11 nitrogen and oxygen atoms in total. The fourth-order valence-corrected chi connectivity index (χ4v) is 5.70. The molecule has 0 aliphatic heterocycles. The molecule has 5 rings (SSSR count). The Morgan fingerprint density at radius 2 is 1.60 bits per heavy atom. The van der Waals surface area contributed by atoms with E-state index >= 15 is 0 Å². The molecule has 0 spiro atoms. The number of carbonyl (C=O) groups is 1. The number of benzene rings is 2. The van der Waals surface area contributed by atoms with Crippen LogP contribution in [0.15, 0.2) is 54.6 Å². The monoisotopic (exact) mass is 574 g/mol. The summed E-state index contributed by atoms with van der Waals surface area (Å²) in [5, 5.41) is 13.1. The maximum atomic E-state index is 12.5. The zero-order valence-electron chi connectivity index (χ0n) is 24.1. The molecule has 2 aromatic carbocycles. The third-order valence-electron chi connectivity index (χ3n) is 7.80. The Bertz CT molecular complexity index is 1260. The number of ether oxygens (including phenoxy) is 2. The normalized spacial score (nSPS) is 19.0. The SMILES string of the molecule is NCCOCCOCCNC(=O)c1ccc(Nc2nc(NCCc3ccccc3)nc(NC3CC4CCC3C4)n2)cc1. The largest absolute Gasteiger partial charge is 0.378 e. The van der Waals surface area contributed by atoms with Crippen molar-refractivity contribution < 1.29 is 14.3 Å². The molecule has 2 aliphatic carbocycles. The number of hydrogen-bond donors (Lipinski definition) is 5. The fourth-order valence-electron chi connectivity index (χ4n) is 5.70. The van der Waals surface area contributed by atoms with Crippen LogP contribution < -0.4 is 27.0 Å². The van der Waals surface area contributed by atoms with Crippen LogP contribution in [-0.4, -0.2) is 73.0 Å². The first-order valence-corrected chi connectivity index (χ1v) is 15.0. The number of fused-ring (bicyclic) bond motifs is 2. The summed E-state index contributed by atoms with van der Waals surface area (Å²) in [5.74, 6) is 2.90. The highest BCUT2D eigenvalue weighted by molar-refractivity contribution is 5.94. The lowest BCUT2D eigenvalue weighted by Gasteiger charge is -2.23. The first-order chi connectivity index (χ1) is 20.7.